The number of hydrogen-bond acceptors (Lipinski definition) is 6. The highest BCUT2D eigenvalue weighted by atomic mass is 19.1. The lowest BCUT2D eigenvalue weighted by Crippen LogP contribution is -2.32. The van der Waals surface area contributed by atoms with Crippen molar-refractivity contribution in [1.29, 1.82) is 0 Å². The standard InChI is InChI=1S/C23H18FN3O5/c1-31-20-9-5-4-8-19(20)26-21(28)22(29)27-25-14-15-10-12-16(13-11-15)32-23(30)17-6-2-3-7-18(17)24/h2-14H,1H3,(H,26,28)(H,27,29)/b25-14-. The number of nitrogens with zero attached hydrogens (tertiary/aromatic N) is 1. The number of carbonyl (C=O) groups excluding carboxylic acids is 3. The number of esters is 1. The van der Waals surface area contributed by atoms with Crippen LogP contribution in [0.15, 0.2) is 77.9 Å². The number of hydrazone groups is 1. The van der Waals surface area contributed by atoms with E-state index in [1.54, 1.807) is 36.4 Å². The lowest BCUT2D eigenvalue weighted by molar-refractivity contribution is -0.136. The molecule has 2 N–H and O–H groups in total. The number of anilines is 1. The molecule has 8 nitrogen and oxygen atoms in total. The van der Waals surface area contributed by atoms with Crippen LogP contribution in [0.2, 0.25) is 0 Å². The Bertz CT molecular complexity index is 1160. The van der Waals surface area contributed by atoms with E-state index in [2.05, 4.69) is 15.8 Å². The first-order valence-electron chi connectivity index (χ1n) is 9.32. The Hall–Kier alpha value is -4.53. The molecule has 0 saturated heterocycles. The molecular weight excluding hydrogens is 417 g/mol. The summed E-state index contributed by atoms with van der Waals surface area (Å²) in [6, 6.07) is 18.2. The van der Waals surface area contributed by atoms with E-state index in [0.29, 0.717) is 17.0 Å². The molecule has 3 rings (SSSR count). The third kappa shape index (κ3) is 5.76. The summed E-state index contributed by atoms with van der Waals surface area (Å²) in [6.45, 7) is 0. The Balaban J connectivity index is 1.53. The molecule has 0 radical (unpaired) electrons. The first-order valence-corrected chi connectivity index (χ1v) is 9.32. The van der Waals surface area contributed by atoms with Crippen molar-refractivity contribution >= 4 is 29.7 Å². The minimum absolute atomic E-state index is 0.174. The Morgan fingerprint density at radius 3 is 2.31 bits per heavy atom. The SMILES string of the molecule is COc1ccccc1NC(=O)C(=O)N/N=C\c1ccc(OC(=O)c2ccccc2F)cc1. The van der Waals surface area contributed by atoms with Crippen LogP contribution in [0, 0.1) is 5.82 Å². The first kappa shape index (κ1) is 22.2. The second-order valence-electron chi connectivity index (χ2n) is 6.29. The molecule has 2 amide bonds. The highest BCUT2D eigenvalue weighted by Gasteiger charge is 2.15. The molecule has 0 spiro atoms. The largest absolute Gasteiger partial charge is 0.495 e. The average molecular weight is 435 g/mol. The van der Waals surface area contributed by atoms with E-state index in [-0.39, 0.29) is 11.3 Å². The number of ether oxygens (including phenoxy) is 2. The van der Waals surface area contributed by atoms with E-state index in [1.807, 2.05) is 0 Å². The Morgan fingerprint density at radius 2 is 1.59 bits per heavy atom. The van der Waals surface area contributed by atoms with Crippen molar-refractivity contribution in [2.75, 3.05) is 12.4 Å². The quantitative estimate of drug-likeness (QED) is 0.203. The van der Waals surface area contributed by atoms with Crippen molar-refractivity contribution in [3.05, 3.63) is 89.7 Å². The zero-order valence-corrected chi connectivity index (χ0v) is 16.9. The van der Waals surface area contributed by atoms with Gasteiger partial charge >= 0.3 is 17.8 Å². The molecule has 0 saturated carbocycles. The number of methoxy groups -OCH3 is 1. The Labute approximate surface area is 182 Å². The van der Waals surface area contributed by atoms with Gasteiger partial charge in [0.15, 0.2) is 0 Å². The fourth-order valence-electron chi connectivity index (χ4n) is 2.55. The van der Waals surface area contributed by atoms with Crippen LogP contribution in [-0.2, 0) is 9.59 Å². The van der Waals surface area contributed by atoms with Crippen molar-refractivity contribution in [3.63, 3.8) is 0 Å². The van der Waals surface area contributed by atoms with Crippen molar-refractivity contribution in [2.45, 2.75) is 0 Å². The van der Waals surface area contributed by atoms with Gasteiger partial charge in [-0.3, -0.25) is 9.59 Å². The Morgan fingerprint density at radius 1 is 0.906 bits per heavy atom. The van der Waals surface area contributed by atoms with Gasteiger partial charge < -0.3 is 14.8 Å². The molecule has 9 heteroatoms. The van der Waals surface area contributed by atoms with Crippen LogP contribution < -0.4 is 20.2 Å². The monoisotopic (exact) mass is 435 g/mol. The summed E-state index contributed by atoms with van der Waals surface area (Å²) in [5.74, 6) is -2.77. The number of halogens is 1. The van der Waals surface area contributed by atoms with Crippen molar-refractivity contribution in [3.8, 4) is 11.5 Å². The number of rotatable bonds is 6. The number of para-hydroxylation sites is 2. The molecule has 0 bridgehead atoms. The number of hydrogen-bond donors (Lipinski definition) is 2. The summed E-state index contributed by atoms with van der Waals surface area (Å²) in [6.07, 6.45) is 1.30. The highest BCUT2D eigenvalue weighted by Crippen LogP contribution is 2.22. The summed E-state index contributed by atoms with van der Waals surface area (Å²) in [4.78, 5) is 35.9. The second kappa shape index (κ2) is 10.5. The lowest BCUT2D eigenvalue weighted by Gasteiger charge is -2.08. The smallest absolute Gasteiger partial charge is 0.346 e. The fourth-order valence-corrected chi connectivity index (χ4v) is 2.55. The molecule has 0 unspecified atom stereocenters. The second-order valence-corrected chi connectivity index (χ2v) is 6.29. The molecule has 0 aromatic heterocycles. The maximum Gasteiger partial charge on any atom is 0.346 e. The fraction of sp³-hybridized carbons (Fsp3) is 0.0435. The van der Waals surface area contributed by atoms with Gasteiger partial charge in [-0.25, -0.2) is 14.6 Å². The molecule has 0 aliphatic heterocycles. The van der Waals surface area contributed by atoms with Gasteiger partial charge in [0.05, 0.1) is 24.6 Å². The van der Waals surface area contributed by atoms with E-state index >= 15 is 0 Å². The number of nitrogens with one attached hydrogen (secondary N) is 2. The van der Waals surface area contributed by atoms with Gasteiger partial charge in [0.2, 0.25) is 0 Å². The third-order valence-electron chi connectivity index (χ3n) is 4.13. The van der Waals surface area contributed by atoms with E-state index in [9.17, 15) is 18.8 Å². The molecular formula is C23H18FN3O5. The average Bonchev–Trinajstić information content (AvgIpc) is 2.80. The molecule has 32 heavy (non-hydrogen) atoms. The van der Waals surface area contributed by atoms with Gasteiger partial charge in [-0.05, 0) is 54.1 Å². The first-order chi connectivity index (χ1) is 15.5. The molecule has 0 aliphatic carbocycles. The maximum atomic E-state index is 13.6. The minimum Gasteiger partial charge on any atom is -0.495 e. The van der Waals surface area contributed by atoms with Crippen molar-refractivity contribution < 1.29 is 28.2 Å². The van der Waals surface area contributed by atoms with Crippen LogP contribution in [0.25, 0.3) is 0 Å². The zero-order chi connectivity index (χ0) is 22.9. The maximum absolute atomic E-state index is 13.6. The van der Waals surface area contributed by atoms with E-state index in [0.717, 1.165) is 0 Å². The highest BCUT2D eigenvalue weighted by molar-refractivity contribution is 6.39. The van der Waals surface area contributed by atoms with Gasteiger partial charge in [-0.15, -0.1) is 0 Å². The summed E-state index contributed by atoms with van der Waals surface area (Å²) in [5.41, 5.74) is 2.84. The van der Waals surface area contributed by atoms with Crippen LogP contribution >= 0.6 is 0 Å². The van der Waals surface area contributed by atoms with Crippen LogP contribution in [0.1, 0.15) is 15.9 Å². The van der Waals surface area contributed by atoms with Crippen LogP contribution in [-0.4, -0.2) is 31.1 Å². The molecule has 0 atom stereocenters. The summed E-state index contributed by atoms with van der Waals surface area (Å²) in [7, 11) is 1.45. The van der Waals surface area contributed by atoms with E-state index in [4.69, 9.17) is 9.47 Å². The van der Waals surface area contributed by atoms with Gasteiger partial charge in [0, 0.05) is 0 Å². The normalized spacial score (nSPS) is 10.4. The van der Waals surface area contributed by atoms with E-state index < -0.39 is 23.6 Å². The summed E-state index contributed by atoms with van der Waals surface area (Å²) >= 11 is 0. The summed E-state index contributed by atoms with van der Waals surface area (Å²) in [5, 5.41) is 6.15. The molecule has 0 fully saturated rings. The van der Waals surface area contributed by atoms with Gasteiger partial charge in [-0.2, -0.15) is 5.10 Å². The van der Waals surface area contributed by atoms with Crippen molar-refractivity contribution in [2.24, 2.45) is 5.10 Å². The molecule has 0 heterocycles. The summed E-state index contributed by atoms with van der Waals surface area (Å²) < 4.78 is 23.9. The van der Waals surface area contributed by atoms with Crippen LogP contribution in [0.3, 0.4) is 0 Å². The van der Waals surface area contributed by atoms with Gasteiger partial charge in [0.25, 0.3) is 0 Å². The minimum atomic E-state index is -0.970. The molecule has 162 valence electrons. The Kier molecular flexibility index (Phi) is 7.26. The van der Waals surface area contributed by atoms with Crippen LogP contribution in [0.4, 0.5) is 10.1 Å². The molecule has 3 aromatic rings. The van der Waals surface area contributed by atoms with Gasteiger partial charge in [-0.1, -0.05) is 24.3 Å². The third-order valence-corrected chi connectivity index (χ3v) is 4.13. The van der Waals surface area contributed by atoms with Crippen LogP contribution in [0.5, 0.6) is 11.5 Å². The number of amides is 2. The topological polar surface area (TPSA) is 106 Å². The predicted molar refractivity (Wildman–Crippen MR) is 115 cm³/mol. The van der Waals surface area contributed by atoms with Crippen molar-refractivity contribution in [1.82, 2.24) is 5.43 Å². The number of carbonyl (C=O) groups is 3. The molecule has 0 aliphatic rings. The predicted octanol–water partition coefficient (Wildman–Crippen LogP) is 3.14. The van der Waals surface area contributed by atoms with E-state index in [1.165, 1.54) is 49.7 Å². The lowest BCUT2D eigenvalue weighted by atomic mass is 10.2. The molecule has 3 aromatic carbocycles. The zero-order valence-electron chi connectivity index (χ0n) is 16.9. The van der Waals surface area contributed by atoms with Gasteiger partial charge in [0.1, 0.15) is 17.3 Å². The number of benzene rings is 3.